The van der Waals surface area contributed by atoms with E-state index in [1.54, 1.807) is 48.6 Å². The minimum absolute atomic E-state index is 0.0134. The molecule has 2 aromatic carbocycles. The molecule has 0 aromatic heterocycles. The fraction of sp³-hybridized carbons (Fsp3) is 0.269. The van der Waals surface area contributed by atoms with Gasteiger partial charge in [-0.3, -0.25) is 4.79 Å². The van der Waals surface area contributed by atoms with Crippen LogP contribution in [0.15, 0.2) is 92.2 Å². The second-order valence-electron chi connectivity index (χ2n) is 8.44. The second-order valence-corrected chi connectivity index (χ2v) is 10.0. The van der Waals surface area contributed by atoms with Gasteiger partial charge in [0.05, 0.1) is 10.6 Å². The summed E-state index contributed by atoms with van der Waals surface area (Å²) in [5.74, 6) is 0.126. The Labute approximate surface area is 190 Å². The van der Waals surface area contributed by atoms with E-state index in [1.165, 1.54) is 12.1 Å². The van der Waals surface area contributed by atoms with Crippen molar-refractivity contribution in [3.63, 3.8) is 0 Å². The SMILES string of the molecule is Cc1ccc(S(=O)(=O)N=C(N=C2C=C(C(C)C)C(=O)C(C(C)C)=C2)c2ccccc2)cc1. The molecule has 2 aromatic rings. The Morgan fingerprint density at radius 1 is 0.812 bits per heavy atom. The molecule has 32 heavy (non-hydrogen) atoms. The summed E-state index contributed by atoms with van der Waals surface area (Å²) >= 11 is 0. The molecule has 0 spiro atoms. The number of aryl methyl sites for hydroxylation is 1. The number of carbonyl (C=O) groups is 1. The van der Waals surface area contributed by atoms with E-state index >= 15 is 0 Å². The van der Waals surface area contributed by atoms with Crippen LogP contribution in [0.25, 0.3) is 0 Å². The van der Waals surface area contributed by atoms with Gasteiger partial charge in [-0.25, -0.2) is 4.99 Å². The van der Waals surface area contributed by atoms with Crippen LogP contribution in [0.1, 0.15) is 38.8 Å². The molecule has 1 aliphatic rings. The monoisotopic (exact) mass is 448 g/mol. The maximum absolute atomic E-state index is 13.0. The lowest BCUT2D eigenvalue weighted by Gasteiger charge is -2.20. The van der Waals surface area contributed by atoms with Crippen molar-refractivity contribution in [3.8, 4) is 0 Å². The highest BCUT2D eigenvalue weighted by atomic mass is 32.2. The minimum Gasteiger partial charge on any atom is -0.289 e. The first-order valence-electron chi connectivity index (χ1n) is 10.6. The Hall–Kier alpha value is -3.12. The third-order valence-electron chi connectivity index (χ3n) is 5.17. The van der Waals surface area contributed by atoms with Gasteiger partial charge in [0.1, 0.15) is 0 Å². The number of sulfonamides is 1. The van der Waals surface area contributed by atoms with Crippen LogP contribution in [-0.4, -0.2) is 25.7 Å². The lowest BCUT2D eigenvalue weighted by molar-refractivity contribution is -0.113. The quantitative estimate of drug-likeness (QED) is 0.353. The number of amidine groups is 1. The third-order valence-corrected chi connectivity index (χ3v) is 6.45. The largest absolute Gasteiger partial charge is 0.289 e. The third kappa shape index (κ3) is 5.37. The van der Waals surface area contributed by atoms with Gasteiger partial charge in [0.25, 0.3) is 10.0 Å². The van der Waals surface area contributed by atoms with E-state index in [1.807, 2.05) is 40.7 Å². The molecule has 0 radical (unpaired) electrons. The highest BCUT2D eigenvalue weighted by molar-refractivity contribution is 7.90. The molecule has 0 amide bonds. The summed E-state index contributed by atoms with van der Waals surface area (Å²) in [6.07, 6.45) is 3.46. The number of hydrogen-bond acceptors (Lipinski definition) is 3. The van der Waals surface area contributed by atoms with Gasteiger partial charge in [-0.2, -0.15) is 8.42 Å². The molecule has 0 fully saturated rings. The van der Waals surface area contributed by atoms with Gasteiger partial charge in [-0.15, -0.1) is 4.40 Å². The average molecular weight is 449 g/mol. The number of ketones is 1. The summed E-state index contributed by atoms with van der Waals surface area (Å²) in [6.45, 7) is 9.72. The molecular formula is C26H28N2O3S. The Balaban J connectivity index is 2.19. The van der Waals surface area contributed by atoms with Gasteiger partial charge in [-0.05, 0) is 43.0 Å². The molecule has 5 nitrogen and oxygen atoms in total. The zero-order valence-corrected chi connectivity index (χ0v) is 19.8. The number of rotatable bonds is 5. The summed E-state index contributed by atoms with van der Waals surface area (Å²) in [5.41, 5.74) is 3.36. The van der Waals surface area contributed by atoms with Crippen molar-refractivity contribution in [3.05, 3.63) is 89.0 Å². The van der Waals surface area contributed by atoms with Gasteiger partial charge < -0.3 is 0 Å². The summed E-state index contributed by atoms with van der Waals surface area (Å²) in [4.78, 5) is 17.6. The summed E-state index contributed by atoms with van der Waals surface area (Å²) in [6, 6.07) is 15.5. The van der Waals surface area contributed by atoms with Gasteiger partial charge in [-0.1, -0.05) is 75.7 Å². The van der Waals surface area contributed by atoms with Gasteiger partial charge >= 0.3 is 0 Å². The fourth-order valence-corrected chi connectivity index (χ4v) is 4.26. The van der Waals surface area contributed by atoms with Crippen molar-refractivity contribution < 1.29 is 13.2 Å². The summed E-state index contributed by atoms with van der Waals surface area (Å²) in [7, 11) is -3.97. The maximum atomic E-state index is 13.0. The Morgan fingerprint density at radius 2 is 1.34 bits per heavy atom. The van der Waals surface area contributed by atoms with E-state index in [0.29, 0.717) is 22.4 Å². The normalized spacial score (nSPS) is 15.2. The molecule has 0 unspecified atom stereocenters. The first-order chi connectivity index (χ1) is 15.1. The predicted octanol–water partition coefficient (Wildman–Crippen LogP) is 5.32. The second kappa shape index (κ2) is 9.57. The van der Waals surface area contributed by atoms with Crippen LogP contribution in [0.3, 0.4) is 0 Å². The lowest BCUT2D eigenvalue weighted by atomic mass is 9.84. The van der Waals surface area contributed by atoms with E-state index < -0.39 is 10.0 Å². The molecule has 0 saturated heterocycles. The van der Waals surface area contributed by atoms with Crippen molar-refractivity contribution in [1.29, 1.82) is 0 Å². The van der Waals surface area contributed by atoms with Crippen LogP contribution in [0, 0.1) is 18.8 Å². The maximum Gasteiger partial charge on any atom is 0.284 e. The summed E-state index contributed by atoms with van der Waals surface area (Å²) < 4.78 is 30.1. The Bertz CT molecular complexity index is 1200. The zero-order chi connectivity index (χ0) is 23.5. The van der Waals surface area contributed by atoms with E-state index in [4.69, 9.17) is 0 Å². The van der Waals surface area contributed by atoms with Crippen molar-refractivity contribution in [2.45, 2.75) is 39.5 Å². The van der Waals surface area contributed by atoms with E-state index in [0.717, 1.165) is 5.56 Å². The molecule has 0 atom stereocenters. The highest BCUT2D eigenvalue weighted by Crippen LogP contribution is 2.25. The standard InChI is InChI=1S/C26H28N2O3S/c1-17(2)23-15-21(16-24(18(3)4)25(23)29)27-26(20-9-7-6-8-10-20)28-32(30,31)22-13-11-19(5)12-14-22/h6-18H,1-5H3. The topological polar surface area (TPSA) is 75.9 Å². The first kappa shape index (κ1) is 23.5. The number of hydrogen-bond donors (Lipinski definition) is 0. The van der Waals surface area contributed by atoms with Crippen LogP contribution in [0.5, 0.6) is 0 Å². The fourth-order valence-electron chi connectivity index (χ4n) is 3.30. The van der Waals surface area contributed by atoms with Gasteiger partial charge in [0.15, 0.2) is 11.6 Å². The molecule has 0 aliphatic heterocycles. The van der Waals surface area contributed by atoms with E-state index in [2.05, 4.69) is 9.39 Å². The minimum atomic E-state index is -3.97. The number of carbonyl (C=O) groups excluding carboxylic acids is 1. The molecule has 3 rings (SSSR count). The van der Waals surface area contributed by atoms with Crippen molar-refractivity contribution in [2.24, 2.45) is 21.2 Å². The molecule has 0 bridgehead atoms. The van der Waals surface area contributed by atoms with Gasteiger partial charge in [0, 0.05) is 16.7 Å². The van der Waals surface area contributed by atoms with E-state index in [-0.39, 0.29) is 28.4 Å². The van der Waals surface area contributed by atoms with Gasteiger partial charge in [0.2, 0.25) is 0 Å². The number of benzene rings is 2. The van der Waals surface area contributed by atoms with Crippen LogP contribution < -0.4 is 0 Å². The van der Waals surface area contributed by atoms with Crippen LogP contribution in [-0.2, 0) is 14.8 Å². The van der Waals surface area contributed by atoms with Crippen molar-refractivity contribution in [1.82, 2.24) is 0 Å². The van der Waals surface area contributed by atoms with Crippen LogP contribution in [0.4, 0.5) is 0 Å². The Morgan fingerprint density at radius 3 is 1.84 bits per heavy atom. The number of Topliss-reactive ketones (excluding diaryl/α,β-unsaturated/α-hetero) is 1. The zero-order valence-electron chi connectivity index (χ0n) is 19.0. The van der Waals surface area contributed by atoms with Crippen LogP contribution in [0.2, 0.25) is 0 Å². The molecular weight excluding hydrogens is 420 g/mol. The Kier molecular flexibility index (Phi) is 7.04. The molecule has 6 heteroatoms. The molecule has 166 valence electrons. The summed E-state index contributed by atoms with van der Waals surface area (Å²) in [5, 5.41) is 0. The number of nitrogens with zero attached hydrogens (tertiary/aromatic N) is 2. The highest BCUT2D eigenvalue weighted by Gasteiger charge is 2.25. The molecule has 0 N–H and O–H groups in total. The lowest BCUT2D eigenvalue weighted by Crippen LogP contribution is -2.21. The van der Waals surface area contributed by atoms with Crippen LogP contribution >= 0.6 is 0 Å². The van der Waals surface area contributed by atoms with E-state index in [9.17, 15) is 13.2 Å². The molecule has 0 heterocycles. The average Bonchev–Trinajstić information content (AvgIpc) is 2.74. The molecule has 1 aliphatic carbocycles. The molecule has 0 saturated carbocycles. The number of aliphatic imine (C=N–C) groups is 1. The first-order valence-corrected chi connectivity index (χ1v) is 12.1. The van der Waals surface area contributed by atoms with Crippen molar-refractivity contribution >= 4 is 27.4 Å². The predicted molar refractivity (Wildman–Crippen MR) is 130 cm³/mol. The smallest absolute Gasteiger partial charge is 0.284 e. The number of allylic oxidation sites excluding steroid dienone is 4. The van der Waals surface area contributed by atoms with Crippen molar-refractivity contribution in [2.75, 3.05) is 0 Å².